The number of hydrogen-bond donors (Lipinski definition) is 1. The van der Waals surface area contributed by atoms with E-state index < -0.39 is 11.7 Å². The van der Waals surface area contributed by atoms with Crippen molar-refractivity contribution >= 4 is 29.3 Å². The van der Waals surface area contributed by atoms with Gasteiger partial charge in [0.25, 0.3) is 5.91 Å². The SMILES string of the molecule is CCCOc1c(/C=C(\C#N)C(=O)Nc2ccc(F)c(Cl)c2)cccc1OCC. The lowest BCUT2D eigenvalue weighted by Crippen LogP contribution is -2.13. The van der Waals surface area contributed by atoms with Gasteiger partial charge in [0.05, 0.1) is 18.2 Å². The van der Waals surface area contributed by atoms with Gasteiger partial charge in [0, 0.05) is 11.3 Å². The fourth-order valence-electron chi connectivity index (χ4n) is 2.35. The van der Waals surface area contributed by atoms with Gasteiger partial charge in [-0.05, 0) is 43.7 Å². The number of ether oxygens (including phenoxy) is 2. The molecule has 0 aliphatic rings. The van der Waals surface area contributed by atoms with Gasteiger partial charge in [-0.3, -0.25) is 4.79 Å². The quantitative estimate of drug-likeness (QED) is 0.486. The Balaban J connectivity index is 2.34. The number of carbonyl (C=O) groups excluding carboxylic acids is 1. The van der Waals surface area contributed by atoms with Gasteiger partial charge in [-0.15, -0.1) is 0 Å². The van der Waals surface area contributed by atoms with E-state index in [1.165, 1.54) is 18.2 Å². The summed E-state index contributed by atoms with van der Waals surface area (Å²) in [5, 5.41) is 11.8. The van der Waals surface area contributed by atoms with E-state index in [-0.39, 0.29) is 16.3 Å². The Hall–Kier alpha value is -3.04. The maximum atomic E-state index is 13.3. The molecule has 2 rings (SSSR count). The second kappa shape index (κ2) is 10.3. The number of carbonyl (C=O) groups is 1. The van der Waals surface area contributed by atoms with Gasteiger partial charge in [0.1, 0.15) is 17.5 Å². The molecule has 5 nitrogen and oxygen atoms in total. The number of rotatable bonds is 8. The highest BCUT2D eigenvalue weighted by Crippen LogP contribution is 2.33. The molecule has 0 fully saturated rings. The van der Waals surface area contributed by atoms with Gasteiger partial charge < -0.3 is 14.8 Å². The van der Waals surface area contributed by atoms with E-state index in [1.807, 2.05) is 19.9 Å². The lowest BCUT2D eigenvalue weighted by molar-refractivity contribution is -0.112. The lowest BCUT2D eigenvalue weighted by atomic mass is 10.1. The minimum absolute atomic E-state index is 0.125. The molecule has 28 heavy (non-hydrogen) atoms. The van der Waals surface area contributed by atoms with Crippen molar-refractivity contribution in [2.24, 2.45) is 0 Å². The predicted octanol–water partition coefficient (Wildman–Crippen LogP) is 5.21. The van der Waals surface area contributed by atoms with E-state index in [0.29, 0.717) is 30.3 Å². The Kier molecular flexibility index (Phi) is 7.85. The van der Waals surface area contributed by atoms with E-state index in [0.717, 1.165) is 12.5 Å². The predicted molar refractivity (Wildman–Crippen MR) is 107 cm³/mol. The molecular weight excluding hydrogens is 383 g/mol. The number of benzene rings is 2. The highest BCUT2D eigenvalue weighted by Gasteiger charge is 2.15. The molecular formula is C21H20ClFN2O3. The van der Waals surface area contributed by atoms with Crippen LogP contribution >= 0.6 is 11.6 Å². The highest BCUT2D eigenvalue weighted by atomic mass is 35.5. The zero-order valence-corrected chi connectivity index (χ0v) is 16.3. The largest absolute Gasteiger partial charge is 0.490 e. The van der Waals surface area contributed by atoms with Crippen molar-refractivity contribution in [2.75, 3.05) is 18.5 Å². The normalized spacial score (nSPS) is 10.9. The molecule has 0 saturated heterocycles. The Bertz CT molecular complexity index is 922. The van der Waals surface area contributed by atoms with Crippen LogP contribution < -0.4 is 14.8 Å². The van der Waals surface area contributed by atoms with Crippen molar-refractivity contribution in [3.63, 3.8) is 0 Å². The summed E-state index contributed by atoms with van der Waals surface area (Å²) in [7, 11) is 0. The van der Waals surface area contributed by atoms with Crippen LogP contribution in [-0.2, 0) is 4.79 Å². The average Bonchev–Trinajstić information content (AvgIpc) is 2.68. The monoisotopic (exact) mass is 402 g/mol. The Labute approximate surface area is 168 Å². The zero-order valence-electron chi connectivity index (χ0n) is 15.6. The van der Waals surface area contributed by atoms with E-state index in [1.54, 1.807) is 18.2 Å². The fraction of sp³-hybridized carbons (Fsp3) is 0.238. The summed E-state index contributed by atoms with van der Waals surface area (Å²) >= 11 is 5.72. The Morgan fingerprint density at radius 3 is 2.71 bits per heavy atom. The smallest absolute Gasteiger partial charge is 0.266 e. The van der Waals surface area contributed by atoms with Crippen molar-refractivity contribution in [3.8, 4) is 17.6 Å². The molecule has 7 heteroatoms. The Morgan fingerprint density at radius 2 is 2.07 bits per heavy atom. The van der Waals surface area contributed by atoms with E-state index >= 15 is 0 Å². The van der Waals surface area contributed by atoms with Gasteiger partial charge in [0.15, 0.2) is 11.5 Å². The molecule has 1 N–H and O–H groups in total. The summed E-state index contributed by atoms with van der Waals surface area (Å²) in [4.78, 5) is 12.5. The molecule has 0 unspecified atom stereocenters. The first-order valence-corrected chi connectivity index (χ1v) is 9.14. The first-order valence-electron chi connectivity index (χ1n) is 8.76. The summed E-state index contributed by atoms with van der Waals surface area (Å²) in [5.41, 5.74) is 0.682. The Morgan fingerprint density at radius 1 is 1.29 bits per heavy atom. The topological polar surface area (TPSA) is 71.3 Å². The third-order valence-electron chi connectivity index (χ3n) is 3.60. The summed E-state index contributed by atoms with van der Waals surface area (Å²) in [6, 6.07) is 10.9. The molecule has 0 aliphatic carbocycles. The van der Waals surface area contributed by atoms with Gasteiger partial charge >= 0.3 is 0 Å². The summed E-state index contributed by atoms with van der Waals surface area (Å²) < 4.78 is 24.6. The van der Waals surface area contributed by atoms with Gasteiger partial charge in [-0.2, -0.15) is 5.26 Å². The van der Waals surface area contributed by atoms with Crippen molar-refractivity contribution in [3.05, 3.63) is 58.4 Å². The molecule has 2 aromatic carbocycles. The summed E-state index contributed by atoms with van der Waals surface area (Å²) in [6.07, 6.45) is 2.22. The van der Waals surface area contributed by atoms with E-state index in [4.69, 9.17) is 21.1 Å². The summed E-state index contributed by atoms with van der Waals surface area (Å²) in [6.45, 7) is 4.74. The van der Waals surface area contributed by atoms with Crippen LogP contribution in [0.25, 0.3) is 6.08 Å². The van der Waals surface area contributed by atoms with Crippen molar-refractivity contribution in [1.82, 2.24) is 0 Å². The second-order valence-corrected chi connectivity index (χ2v) is 6.12. The van der Waals surface area contributed by atoms with E-state index in [9.17, 15) is 14.4 Å². The van der Waals surface area contributed by atoms with Crippen LogP contribution in [0, 0.1) is 17.1 Å². The number of nitrogens with one attached hydrogen (secondary N) is 1. The number of halogens is 2. The molecule has 0 saturated carbocycles. The molecule has 0 atom stereocenters. The number of nitrogens with zero attached hydrogens (tertiary/aromatic N) is 1. The van der Waals surface area contributed by atoms with Crippen LogP contribution in [0.3, 0.4) is 0 Å². The number of amides is 1. The molecule has 0 spiro atoms. The second-order valence-electron chi connectivity index (χ2n) is 5.71. The van der Waals surface area contributed by atoms with Crippen LogP contribution in [-0.4, -0.2) is 19.1 Å². The van der Waals surface area contributed by atoms with E-state index in [2.05, 4.69) is 5.32 Å². The van der Waals surface area contributed by atoms with Crippen LogP contribution in [0.5, 0.6) is 11.5 Å². The minimum Gasteiger partial charge on any atom is -0.490 e. The molecule has 146 valence electrons. The van der Waals surface area contributed by atoms with Crippen LogP contribution in [0.2, 0.25) is 5.02 Å². The van der Waals surface area contributed by atoms with Crippen LogP contribution in [0.15, 0.2) is 42.0 Å². The summed E-state index contributed by atoms with van der Waals surface area (Å²) in [5.74, 6) is -0.237. The fourth-order valence-corrected chi connectivity index (χ4v) is 2.53. The molecule has 0 aliphatic heterocycles. The van der Waals surface area contributed by atoms with Crippen molar-refractivity contribution in [1.29, 1.82) is 5.26 Å². The minimum atomic E-state index is -0.645. The first-order chi connectivity index (χ1) is 13.5. The maximum absolute atomic E-state index is 13.3. The molecule has 0 radical (unpaired) electrons. The maximum Gasteiger partial charge on any atom is 0.266 e. The standard InChI is InChI=1S/C21H20ClFN2O3/c1-3-10-28-20-14(6-5-7-19(20)27-4-2)11-15(13-24)21(26)25-16-8-9-18(23)17(22)12-16/h5-9,11-12H,3-4,10H2,1-2H3,(H,25,26)/b15-11+. The molecule has 1 amide bonds. The molecule has 0 heterocycles. The zero-order chi connectivity index (χ0) is 20.5. The van der Waals surface area contributed by atoms with Crippen molar-refractivity contribution in [2.45, 2.75) is 20.3 Å². The van der Waals surface area contributed by atoms with Crippen molar-refractivity contribution < 1.29 is 18.7 Å². The third kappa shape index (κ3) is 5.48. The lowest BCUT2D eigenvalue weighted by Gasteiger charge is -2.14. The highest BCUT2D eigenvalue weighted by molar-refractivity contribution is 6.31. The molecule has 0 bridgehead atoms. The first kappa shape index (κ1) is 21.3. The number of hydrogen-bond acceptors (Lipinski definition) is 4. The number of anilines is 1. The number of nitriles is 1. The third-order valence-corrected chi connectivity index (χ3v) is 3.89. The van der Waals surface area contributed by atoms with Crippen LogP contribution in [0.4, 0.5) is 10.1 Å². The van der Waals surface area contributed by atoms with Gasteiger partial charge in [-0.1, -0.05) is 30.7 Å². The van der Waals surface area contributed by atoms with Gasteiger partial charge in [-0.25, -0.2) is 4.39 Å². The molecule has 2 aromatic rings. The average molecular weight is 403 g/mol. The number of para-hydroxylation sites is 1. The molecule has 0 aromatic heterocycles. The van der Waals surface area contributed by atoms with Gasteiger partial charge in [0.2, 0.25) is 0 Å². The van der Waals surface area contributed by atoms with Crippen LogP contribution in [0.1, 0.15) is 25.8 Å².